The van der Waals surface area contributed by atoms with Crippen LogP contribution in [0.3, 0.4) is 0 Å². The molecule has 5 nitrogen and oxygen atoms in total. The van der Waals surface area contributed by atoms with Crippen molar-refractivity contribution in [2.45, 2.75) is 24.9 Å². The van der Waals surface area contributed by atoms with Crippen molar-refractivity contribution in [1.82, 2.24) is 4.90 Å². The van der Waals surface area contributed by atoms with Gasteiger partial charge in [0.05, 0.1) is 24.3 Å². The van der Waals surface area contributed by atoms with E-state index in [9.17, 15) is 9.59 Å². The highest BCUT2D eigenvalue weighted by atomic mass is 16.5. The number of nitrogens with zero attached hydrogens (tertiary/aromatic N) is 1. The van der Waals surface area contributed by atoms with Crippen LogP contribution < -0.4 is 0 Å². The number of aromatic carboxylic acids is 1. The molecule has 1 amide bonds. The summed E-state index contributed by atoms with van der Waals surface area (Å²) in [6.07, 6.45) is 3.21. The van der Waals surface area contributed by atoms with Gasteiger partial charge >= 0.3 is 5.97 Å². The lowest BCUT2D eigenvalue weighted by Crippen LogP contribution is -2.57. The first-order valence-electron chi connectivity index (χ1n) is 6.86. The summed E-state index contributed by atoms with van der Waals surface area (Å²) >= 11 is 0. The molecule has 0 aromatic heterocycles. The highest BCUT2D eigenvalue weighted by molar-refractivity contribution is 5.96. The summed E-state index contributed by atoms with van der Waals surface area (Å²) in [4.78, 5) is 25.1. The Kier molecular flexibility index (Phi) is 3.22. The third-order valence-corrected chi connectivity index (χ3v) is 4.18. The minimum Gasteiger partial charge on any atom is -0.478 e. The standard InChI is InChI=1S/C15H17NO4/c17-13(11-2-4-12(5-3-11)14(18)19)16-8-9-20-15(10-16)6-1-7-15/h2-5H,1,6-10H2,(H,18,19). The van der Waals surface area contributed by atoms with Gasteiger partial charge in [0.25, 0.3) is 5.91 Å². The summed E-state index contributed by atoms with van der Waals surface area (Å²) in [6.45, 7) is 1.83. The van der Waals surface area contributed by atoms with Gasteiger partial charge in [-0.1, -0.05) is 0 Å². The third kappa shape index (κ3) is 2.29. The number of amides is 1. The zero-order valence-electron chi connectivity index (χ0n) is 11.2. The summed E-state index contributed by atoms with van der Waals surface area (Å²) in [7, 11) is 0. The summed E-state index contributed by atoms with van der Waals surface area (Å²) in [5.74, 6) is -1.03. The van der Waals surface area contributed by atoms with E-state index in [-0.39, 0.29) is 17.1 Å². The average molecular weight is 275 g/mol. The minimum atomic E-state index is -0.983. The number of benzene rings is 1. The first kappa shape index (κ1) is 13.1. The van der Waals surface area contributed by atoms with Crippen LogP contribution >= 0.6 is 0 Å². The van der Waals surface area contributed by atoms with E-state index >= 15 is 0 Å². The number of carbonyl (C=O) groups excluding carboxylic acids is 1. The van der Waals surface area contributed by atoms with Gasteiger partial charge in [-0.15, -0.1) is 0 Å². The topological polar surface area (TPSA) is 66.8 Å². The van der Waals surface area contributed by atoms with Crippen molar-refractivity contribution in [3.05, 3.63) is 35.4 Å². The fraction of sp³-hybridized carbons (Fsp3) is 0.467. The lowest BCUT2D eigenvalue weighted by Gasteiger charge is -2.48. The Hall–Kier alpha value is -1.88. The molecule has 1 saturated carbocycles. The molecule has 0 unspecified atom stereocenters. The minimum absolute atomic E-state index is 0.0449. The van der Waals surface area contributed by atoms with E-state index in [0.717, 1.165) is 19.3 Å². The molecule has 1 N–H and O–H groups in total. The van der Waals surface area contributed by atoms with E-state index in [0.29, 0.717) is 25.3 Å². The smallest absolute Gasteiger partial charge is 0.335 e. The Morgan fingerprint density at radius 2 is 1.80 bits per heavy atom. The van der Waals surface area contributed by atoms with Crippen molar-refractivity contribution in [3.8, 4) is 0 Å². The Labute approximate surface area is 117 Å². The Balaban J connectivity index is 1.73. The highest BCUT2D eigenvalue weighted by Gasteiger charge is 2.43. The van der Waals surface area contributed by atoms with Crippen LogP contribution in [0.4, 0.5) is 0 Å². The van der Waals surface area contributed by atoms with Gasteiger partial charge in [-0.05, 0) is 43.5 Å². The van der Waals surface area contributed by atoms with E-state index in [4.69, 9.17) is 9.84 Å². The fourth-order valence-corrected chi connectivity index (χ4v) is 2.83. The lowest BCUT2D eigenvalue weighted by atomic mass is 9.79. The van der Waals surface area contributed by atoms with Gasteiger partial charge in [0.15, 0.2) is 0 Å². The molecule has 0 radical (unpaired) electrons. The number of hydrogen-bond donors (Lipinski definition) is 1. The van der Waals surface area contributed by atoms with Crippen molar-refractivity contribution in [2.75, 3.05) is 19.7 Å². The first-order chi connectivity index (χ1) is 9.60. The zero-order chi connectivity index (χ0) is 14.2. The van der Waals surface area contributed by atoms with E-state index in [1.54, 1.807) is 12.1 Å². The Morgan fingerprint density at radius 1 is 1.15 bits per heavy atom. The average Bonchev–Trinajstić information content (AvgIpc) is 2.45. The predicted molar refractivity (Wildman–Crippen MR) is 71.8 cm³/mol. The van der Waals surface area contributed by atoms with E-state index in [1.165, 1.54) is 12.1 Å². The summed E-state index contributed by atoms with van der Waals surface area (Å²) in [5, 5.41) is 8.86. The second kappa shape index (κ2) is 4.90. The molecule has 0 atom stereocenters. The SMILES string of the molecule is O=C(O)c1ccc(C(=O)N2CCOC3(CCC3)C2)cc1. The van der Waals surface area contributed by atoms with Crippen molar-refractivity contribution < 1.29 is 19.4 Å². The van der Waals surface area contributed by atoms with Crippen LogP contribution in [0.15, 0.2) is 24.3 Å². The van der Waals surface area contributed by atoms with Gasteiger partial charge in [-0.3, -0.25) is 4.79 Å². The van der Waals surface area contributed by atoms with E-state index < -0.39 is 5.97 Å². The number of carbonyl (C=O) groups is 2. The molecule has 2 aliphatic rings. The maximum atomic E-state index is 12.4. The van der Waals surface area contributed by atoms with Crippen molar-refractivity contribution in [3.63, 3.8) is 0 Å². The van der Waals surface area contributed by atoms with Gasteiger partial charge in [-0.2, -0.15) is 0 Å². The van der Waals surface area contributed by atoms with Crippen molar-refractivity contribution in [1.29, 1.82) is 0 Å². The first-order valence-corrected chi connectivity index (χ1v) is 6.86. The van der Waals surface area contributed by atoms with Crippen LogP contribution in [0, 0.1) is 0 Å². The second-order valence-corrected chi connectivity index (χ2v) is 5.49. The maximum Gasteiger partial charge on any atom is 0.335 e. The number of carboxylic acids is 1. The normalized spacial score (nSPS) is 20.5. The largest absolute Gasteiger partial charge is 0.478 e. The number of rotatable bonds is 2. The Bertz CT molecular complexity index is 533. The highest BCUT2D eigenvalue weighted by Crippen LogP contribution is 2.38. The van der Waals surface area contributed by atoms with Crippen LogP contribution in [0.5, 0.6) is 0 Å². The number of hydrogen-bond acceptors (Lipinski definition) is 3. The van der Waals surface area contributed by atoms with Gasteiger partial charge in [0.1, 0.15) is 0 Å². The molecule has 2 fully saturated rings. The molecule has 1 heterocycles. The molecule has 1 aromatic rings. The molecule has 1 aliphatic carbocycles. The quantitative estimate of drug-likeness (QED) is 0.893. The molecular weight excluding hydrogens is 258 g/mol. The number of morpholine rings is 1. The summed E-state index contributed by atoms with van der Waals surface area (Å²) in [5.41, 5.74) is 0.611. The summed E-state index contributed by atoms with van der Waals surface area (Å²) in [6, 6.07) is 6.09. The molecule has 106 valence electrons. The molecule has 1 aromatic carbocycles. The van der Waals surface area contributed by atoms with Crippen molar-refractivity contribution in [2.24, 2.45) is 0 Å². The Morgan fingerprint density at radius 3 is 2.35 bits per heavy atom. The van der Waals surface area contributed by atoms with Gasteiger partial charge in [0, 0.05) is 12.1 Å². The maximum absolute atomic E-state index is 12.4. The zero-order valence-corrected chi connectivity index (χ0v) is 11.2. The van der Waals surface area contributed by atoms with E-state index in [1.807, 2.05) is 4.90 Å². The monoisotopic (exact) mass is 275 g/mol. The molecule has 20 heavy (non-hydrogen) atoms. The van der Waals surface area contributed by atoms with Crippen molar-refractivity contribution >= 4 is 11.9 Å². The molecule has 5 heteroatoms. The van der Waals surface area contributed by atoms with Crippen LogP contribution in [0.2, 0.25) is 0 Å². The lowest BCUT2D eigenvalue weighted by molar-refractivity contribution is -0.142. The molecule has 3 rings (SSSR count). The third-order valence-electron chi connectivity index (χ3n) is 4.18. The fourth-order valence-electron chi connectivity index (χ4n) is 2.83. The molecule has 1 aliphatic heterocycles. The van der Waals surface area contributed by atoms with Gasteiger partial charge < -0.3 is 14.7 Å². The van der Waals surface area contributed by atoms with Crippen LogP contribution in [-0.2, 0) is 4.74 Å². The molecule has 1 spiro atoms. The van der Waals surface area contributed by atoms with E-state index in [2.05, 4.69) is 0 Å². The summed E-state index contributed by atoms with van der Waals surface area (Å²) < 4.78 is 5.80. The molecule has 1 saturated heterocycles. The predicted octanol–water partition coefficient (Wildman–Crippen LogP) is 1.78. The van der Waals surface area contributed by atoms with Gasteiger partial charge in [0.2, 0.25) is 0 Å². The van der Waals surface area contributed by atoms with Gasteiger partial charge in [-0.25, -0.2) is 4.79 Å². The second-order valence-electron chi connectivity index (χ2n) is 5.49. The van der Waals surface area contributed by atoms with Crippen LogP contribution in [0.25, 0.3) is 0 Å². The molecular formula is C15H17NO4. The molecule has 0 bridgehead atoms. The van der Waals surface area contributed by atoms with Crippen LogP contribution in [-0.4, -0.2) is 47.2 Å². The number of ether oxygens (including phenoxy) is 1. The number of carboxylic acid groups (broad SMARTS) is 1. The van der Waals surface area contributed by atoms with Crippen LogP contribution in [0.1, 0.15) is 40.0 Å².